The fourth-order valence-electron chi connectivity index (χ4n) is 4.41. The van der Waals surface area contributed by atoms with Gasteiger partial charge in [0.05, 0.1) is 5.56 Å². The van der Waals surface area contributed by atoms with Crippen LogP contribution in [0.4, 0.5) is 0 Å². The molecule has 0 radical (unpaired) electrons. The lowest BCUT2D eigenvalue weighted by Crippen LogP contribution is -2.14. The Labute approximate surface area is 192 Å². The number of rotatable bonds is 10. The van der Waals surface area contributed by atoms with Gasteiger partial charge in [-0.3, -0.25) is 4.79 Å². The lowest BCUT2D eigenvalue weighted by molar-refractivity contribution is -0.134. The fourth-order valence-corrected chi connectivity index (χ4v) is 4.41. The predicted molar refractivity (Wildman–Crippen MR) is 127 cm³/mol. The molecule has 0 amide bonds. The summed E-state index contributed by atoms with van der Waals surface area (Å²) < 4.78 is 10.8. The van der Waals surface area contributed by atoms with Gasteiger partial charge in [0.2, 0.25) is 0 Å². The molecular formula is C28H36O4. The van der Waals surface area contributed by atoms with E-state index in [1.807, 2.05) is 19.1 Å². The van der Waals surface area contributed by atoms with Gasteiger partial charge in [-0.15, -0.1) is 0 Å². The van der Waals surface area contributed by atoms with E-state index in [-0.39, 0.29) is 11.9 Å². The van der Waals surface area contributed by atoms with Gasteiger partial charge in [-0.25, -0.2) is 4.79 Å². The molecule has 0 atom stereocenters. The first-order chi connectivity index (χ1) is 15.6. The van der Waals surface area contributed by atoms with Crippen LogP contribution < -0.4 is 9.47 Å². The van der Waals surface area contributed by atoms with Crippen molar-refractivity contribution in [1.29, 1.82) is 0 Å². The molecule has 4 nitrogen and oxygen atoms in total. The highest BCUT2D eigenvalue weighted by Crippen LogP contribution is 2.37. The number of benzene rings is 2. The predicted octanol–water partition coefficient (Wildman–Crippen LogP) is 7.47. The van der Waals surface area contributed by atoms with Crippen molar-refractivity contribution in [2.24, 2.45) is 5.92 Å². The third-order valence-corrected chi connectivity index (χ3v) is 6.43. The van der Waals surface area contributed by atoms with Crippen molar-refractivity contribution >= 4 is 11.9 Å². The topological polar surface area (TPSA) is 52.6 Å². The summed E-state index contributed by atoms with van der Waals surface area (Å²) in [5, 5.41) is 0. The summed E-state index contributed by atoms with van der Waals surface area (Å²) in [4.78, 5) is 24.2. The zero-order chi connectivity index (χ0) is 22.8. The fraction of sp³-hybridized carbons (Fsp3) is 0.500. The van der Waals surface area contributed by atoms with Gasteiger partial charge in [0, 0.05) is 6.42 Å². The van der Waals surface area contributed by atoms with E-state index in [0.717, 1.165) is 18.8 Å². The molecule has 0 saturated heterocycles. The minimum absolute atomic E-state index is 0.244. The Morgan fingerprint density at radius 3 is 1.97 bits per heavy atom. The lowest BCUT2D eigenvalue weighted by Gasteiger charge is -2.28. The average Bonchev–Trinajstić information content (AvgIpc) is 2.83. The number of hydrogen-bond acceptors (Lipinski definition) is 4. The Hall–Kier alpha value is -2.62. The van der Waals surface area contributed by atoms with Crippen molar-refractivity contribution in [2.75, 3.05) is 0 Å². The molecule has 1 saturated carbocycles. The minimum Gasteiger partial charge on any atom is -0.427 e. The van der Waals surface area contributed by atoms with Crippen LogP contribution in [0.1, 0.15) is 99.9 Å². The third kappa shape index (κ3) is 7.22. The van der Waals surface area contributed by atoms with Gasteiger partial charge in [-0.2, -0.15) is 0 Å². The first kappa shape index (κ1) is 24.0. The average molecular weight is 437 g/mol. The summed E-state index contributed by atoms with van der Waals surface area (Å²) in [5.74, 6) is 1.76. The molecule has 1 fully saturated rings. The van der Waals surface area contributed by atoms with Crippen LogP contribution in [-0.2, 0) is 4.79 Å². The van der Waals surface area contributed by atoms with E-state index in [1.54, 1.807) is 24.3 Å². The van der Waals surface area contributed by atoms with Crippen molar-refractivity contribution in [2.45, 2.75) is 84.0 Å². The van der Waals surface area contributed by atoms with Gasteiger partial charge >= 0.3 is 11.9 Å². The van der Waals surface area contributed by atoms with Crippen LogP contribution >= 0.6 is 0 Å². The molecule has 0 aromatic heterocycles. The molecule has 0 bridgehead atoms. The summed E-state index contributed by atoms with van der Waals surface area (Å²) in [7, 11) is 0. The van der Waals surface area contributed by atoms with Crippen molar-refractivity contribution in [3.8, 4) is 11.5 Å². The van der Waals surface area contributed by atoms with Gasteiger partial charge in [0.1, 0.15) is 11.5 Å². The molecule has 32 heavy (non-hydrogen) atoms. The van der Waals surface area contributed by atoms with E-state index >= 15 is 0 Å². The second-order valence-electron chi connectivity index (χ2n) is 8.92. The zero-order valence-corrected chi connectivity index (χ0v) is 19.5. The largest absolute Gasteiger partial charge is 0.427 e. The third-order valence-electron chi connectivity index (χ3n) is 6.43. The van der Waals surface area contributed by atoms with Crippen LogP contribution in [-0.4, -0.2) is 11.9 Å². The van der Waals surface area contributed by atoms with E-state index in [9.17, 15) is 9.59 Å². The summed E-state index contributed by atoms with van der Waals surface area (Å²) in [5.41, 5.74) is 1.87. The molecule has 172 valence electrons. The van der Waals surface area contributed by atoms with Crippen molar-refractivity contribution in [3.05, 3.63) is 59.7 Å². The van der Waals surface area contributed by atoms with Gasteiger partial charge in [-0.1, -0.05) is 51.7 Å². The second kappa shape index (κ2) is 12.4. The number of ether oxygens (including phenoxy) is 2. The molecule has 0 heterocycles. The van der Waals surface area contributed by atoms with Crippen LogP contribution in [0.3, 0.4) is 0 Å². The monoisotopic (exact) mass is 436 g/mol. The van der Waals surface area contributed by atoms with Gasteiger partial charge in [0.25, 0.3) is 0 Å². The van der Waals surface area contributed by atoms with Crippen LogP contribution in [0.25, 0.3) is 0 Å². The smallest absolute Gasteiger partial charge is 0.343 e. The summed E-state index contributed by atoms with van der Waals surface area (Å²) in [6, 6.07) is 14.5. The molecule has 2 aromatic rings. The Bertz CT molecular complexity index is 846. The summed E-state index contributed by atoms with van der Waals surface area (Å²) >= 11 is 0. The molecule has 0 N–H and O–H groups in total. The quantitative estimate of drug-likeness (QED) is 0.286. The van der Waals surface area contributed by atoms with Crippen LogP contribution in [0.2, 0.25) is 0 Å². The minimum atomic E-state index is -0.382. The molecule has 0 unspecified atom stereocenters. The molecular weight excluding hydrogens is 400 g/mol. The Kier molecular flexibility index (Phi) is 9.33. The Balaban J connectivity index is 1.49. The molecule has 0 spiro atoms. The summed E-state index contributed by atoms with van der Waals surface area (Å²) in [6.45, 7) is 4.29. The standard InChI is InChI=1S/C28H36O4/c1-3-5-7-21-9-11-22(12-10-21)23-13-15-24(16-14-23)28(30)32-26-19-17-25(18-20-26)31-27(29)8-6-4-2/h13-22H,3-12H2,1-2H3. The van der Waals surface area contributed by atoms with Crippen molar-refractivity contribution < 1.29 is 19.1 Å². The first-order valence-electron chi connectivity index (χ1n) is 12.2. The number of esters is 2. The van der Waals surface area contributed by atoms with E-state index in [4.69, 9.17) is 9.47 Å². The van der Waals surface area contributed by atoms with Gasteiger partial charge in [0.15, 0.2) is 0 Å². The summed E-state index contributed by atoms with van der Waals surface area (Å²) in [6.07, 6.45) is 11.3. The van der Waals surface area contributed by atoms with Crippen LogP contribution in [0.5, 0.6) is 11.5 Å². The highest BCUT2D eigenvalue weighted by molar-refractivity contribution is 5.91. The molecule has 4 heteroatoms. The highest BCUT2D eigenvalue weighted by Gasteiger charge is 2.22. The lowest BCUT2D eigenvalue weighted by atomic mass is 9.77. The molecule has 1 aliphatic carbocycles. The molecule has 3 rings (SSSR count). The van der Waals surface area contributed by atoms with Crippen LogP contribution in [0.15, 0.2) is 48.5 Å². The van der Waals surface area contributed by atoms with Gasteiger partial charge in [-0.05, 0) is 85.9 Å². The van der Waals surface area contributed by atoms with Crippen molar-refractivity contribution in [3.63, 3.8) is 0 Å². The normalized spacial score (nSPS) is 18.2. The van der Waals surface area contributed by atoms with E-state index in [1.165, 1.54) is 50.5 Å². The molecule has 2 aromatic carbocycles. The van der Waals surface area contributed by atoms with E-state index < -0.39 is 0 Å². The maximum absolute atomic E-state index is 12.5. The van der Waals surface area contributed by atoms with E-state index in [0.29, 0.717) is 29.4 Å². The number of carbonyl (C=O) groups is 2. The first-order valence-corrected chi connectivity index (χ1v) is 12.2. The van der Waals surface area contributed by atoms with Gasteiger partial charge < -0.3 is 9.47 Å². The van der Waals surface area contributed by atoms with E-state index in [2.05, 4.69) is 19.1 Å². The second-order valence-corrected chi connectivity index (χ2v) is 8.92. The molecule has 0 aliphatic heterocycles. The SMILES string of the molecule is CCCCC(=O)Oc1ccc(OC(=O)c2ccc(C3CCC(CCCC)CC3)cc2)cc1. The van der Waals surface area contributed by atoms with Crippen molar-refractivity contribution in [1.82, 2.24) is 0 Å². The Morgan fingerprint density at radius 1 is 0.781 bits per heavy atom. The number of carbonyl (C=O) groups excluding carboxylic acids is 2. The number of unbranched alkanes of at least 4 members (excludes halogenated alkanes) is 2. The zero-order valence-electron chi connectivity index (χ0n) is 19.5. The Morgan fingerprint density at radius 2 is 1.38 bits per heavy atom. The maximum atomic E-state index is 12.5. The highest BCUT2D eigenvalue weighted by atomic mass is 16.5. The number of hydrogen-bond donors (Lipinski definition) is 0. The maximum Gasteiger partial charge on any atom is 0.343 e. The molecule has 1 aliphatic rings. The van der Waals surface area contributed by atoms with Crippen LogP contribution in [0, 0.1) is 5.92 Å².